The molecule has 4 heteroatoms. The number of nitrogens with zero attached hydrogens (tertiary/aromatic N) is 3. The van der Waals surface area contributed by atoms with E-state index < -0.39 is 0 Å². The lowest BCUT2D eigenvalue weighted by molar-refractivity contribution is 0.590. The molecule has 3 aromatic rings. The zero-order chi connectivity index (χ0) is 23.6. The fraction of sp³-hybridized carbons (Fsp3) is 0.276. The summed E-state index contributed by atoms with van der Waals surface area (Å²) in [6, 6.07) is 26.8. The standard InChI is InChI=1S/C29H32N4/c1-28(2,3)21-12-16-23(17-13-21)30-26-27(33-25(32-26)20-10-8-7-9-11-20)31-24-18-14-22(15-19-24)29(4,5)6/h7-19H,1-6H3,(H,30,31,32,33). The zero-order valence-electron chi connectivity index (χ0n) is 20.3. The highest BCUT2D eigenvalue weighted by Crippen LogP contribution is 2.26. The van der Waals surface area contributed by atoms with Gasteiger partial charge in [-0.1, -0.05) is 96.1 Å². The smallest absolute Gasteiger partial charge is 0.198 e. The molecule has 33 heavy (non-hydrogen) atoms. The van der Waals surface area contributed by atoms with Gasteiger partial charge in [-0.25, -0.2) is 15.0 Å². The molecule has 0 radical (unpaired) electrons. The summed E-state index contributed by atoms with van der Waals surface area (Å²) in [5.74, 6) is 1.89. The third-order valence-electron chi connectivity index (χ3n) is 5.66. The molecule has 0 unspecified atom stereocenters. The minimum Gasteiger partial charge on any atom is -0.337 e. The molecule has 0 aliphatic carbocycles. The average molecular weight is 437 g/mol. The van der Waals surface area contributed by atoms with Crippen molar-refractivity contribution in [2.75, 3.05) is 5.32 Å². The van der Waals surface area contributed by atoms with E-state index in [2.05, 4.69) is 83.3 Å². The minimum absolute atomic E-state index is 0.102. The molecule has 3 aromatic carbocycles. The number of nitrogens with one attached hydrogen (secondary N) is 1. The number of amidine groups is 3. The van der Waals surface area contributed by atoms with Gasteiger partial charge in [0.05, 0.1) is 5.69 Å². The average Bonchev–Trinajstić information content (AvgIpc) is 3.16. The van der Waals surface area contributed by atoms with Gasteiger partial charge in [0.25, 0.3) is 0 Å². The first-order valence-electron chi connectivity index (χ1n) is 11.4. The van der Waals surface area contributed by atoms with E-state index in [-0.39, 0.29) is 10.8 Å². The minimum atomic E-state index is 0.102. The molecule has 1 N–H and O–H groups in total. The molecule has 0 saturated heterocycles. The van der Waals surface area contributed by atoms with E-state index in [1.807, 2.05) is 42.5 Å². The number of hydrogen-bond acceptors (Lipinski definition) is 3. The highest BCUT2D eigenvalue weighted by atomic mass is 15.2. The topological polar surface area (TPSA) is 49.1 Å². The highest BCUT2D eigenvalue weighted by Gasteiger charge is 2.21. The summed E-state index contributed by atoms with van der Waals surface area (Å²) in [5, 5.41) is 3.43. The maximum Gasteiger partial charge on any atom is 0.198 e. The normalized spacial score (nSPS) is 15.4. The zero-order valence-corrected chi connectivity index (χ0v) is 20.3. The first-order valence-corrected chi connectivity index (χ1v) is 11.4. The van der Waals surface area contributed by atoms with Gasteiger partial charge < -0.3 is 5.32 Å². The second-order valence-corrected chi connectivity index (χ2v) is 10.4. The molecule has 168 valence electrons. The van der Waals surface area contributed by atoms with E-state index in [1.165, 1.54) is 11.1 Å². The Balaban J connectivity index is 1.66. The molecule has 0 saturated carbocycles. The van der Waals surface area contributed by atoms with Gasteiger partial charge in [0.15, 0.2) is 17.5 Å². The Morgan fingerprint density at radius 3 is 1.73 bits per heavy atom. The van der Waals surface area contributed by atoms with Crippen molar-refractivity contribution >= 4 is 28.9 Å². The van der Waals surface area contributed by atoms with E-state index in [1.54, 1.807) is 0 Å². The third kappa shape index (κ3) is 5.46. The van der Waals surface area contributed by atoms with Crippen molar-refractivity contribution in [2.24, 2.45) is 15.0 Å². The van der Waals surface area contributed by atoms with Crippen LogP contribution in [0.15, 0.2) is 93.8 Å². The molecule has 0 bridgehead atoms. The fourth-order valence-electron chi connectivity index (χ4n) is 3.56. The van der Waals surface area contributed by atoms with Crippen molar-refractivity contribution in [3.8, 4) is 0 Å². The molecule has 1 heterocycles. The number of anilines is 1. The van der Waals surface area contributed by atoms with Crippen molar-refractivity contribution < 1.29 is 0 Å². The maximum atomic E-state index is 4.83. The number of benzene rings is 3. The molecule has 1 aliphatic heterocycles. The molecule has 0 amide bonds. The Labute approximate surface area is 197 Å². The Morgan fingerprint density at radius 1 is 0.636 bits per heavy atom. The van der Waals surface area contributed by atoms with Crippen LogP contribution in [0.3, 0.4) is 0 Å². The van der Waals surface area contributed by atoms with Crippen LogP contribution in [0.2, 0.25) is 0 Å². The van der Waals surface area contributed by atoms with Crippen LogP contribution >= 0.6 is 0 Å². The summed E-state index contributed by atoms with van der Waals surface area (Å²) in [4.78, 5) is 14.4. The van der Waals surface area contributed by atoms with Gasteiger partial charge >= 0.3 is 0 Å². The molecule has 4 rings (SSSR count). The van der Waals surface area contributed by atoms with E-state index in [9.17, 15) is 0 Å². The van der Waals surface area contributed by atoms with Crippen LogP contribution in [0, 0.1) is 0 Å². The molecular formula is C29H32N4. The van der Waals surface area contributed by atoms with E-state index in [0.717, 1.165) is 16.9 Å². The molecular weight excluding hydrogens is 404 g/mol. The van der Waals surface area contributed by atoms with E-state index >= 15 is 0 Å². The maximum absolute atomic E-state index is 4.83. The monoisotopic (exact) mass is 436 g/mol. The van der Waals surface area contributed by atoms with Crippen LogP contribution < -0.4 is 5.32 Å². The lowest BCUT2D eigenvalue weighted by atomic mass is 9.87. The summed E-state index contributed by atoms with van der Waals surface area (Å²) >= 11 is 0. The SMILES string of the molecule is CC(C)(C)c1ccc(N=C2N=C(c3ccccc3)N=C2Nc2ccc(C(C)(C)C)cc2)cc1. The predicted molar refractivity (Wildman–Crippen MR) is 141 cm³/mol. The second-order valence-electron chi connectivity index (χ2n) is 10.4. The summed E-state index contributed by atoms with van der Waals surface area (Å²) < 4.78 is 0. The highest BCUT2D eigenvalue weighted by molar-refractivity contribution is 6.51. The van der Waals surface area contributed by atoms with Gasteiger partial charge in [-0.05, 0) is 46.2 Å². The number of rotatable bonds is 3. The first kappa shape index (κ1) is 22.7. The van der Waals surface area contributed by atoms with Crippen LogP contribution in [0.1, 0.15) is 58.2 Å². The third-order valence-corrected chi connectivity index (χ3v) is 5.66. The quantitative estimate of drug-likeness (QED) is 0.461. The Kier molecular flexibility index (Phi) is 6.03. The van der Waals surface area contributed by atoms with Crippen molar-refractivity contribution in [1.82, 2.24) is 0 Å². The van der Waals surface area contributed by atoms with Crippen molar-refractivity contribution in [3.05, 3.63) is 95.6 Å². The Morgan fingerprint density at radius 2 is 1.18 bits per heavy atom. The molecule has 4 nitrogen and oxygen atoms in total. The van der Waals surface area contributed by atoms with Gasteiger partial charge in [0.1, 0.15) is 0 Å². The predicted octanol–water partition coefficient (Wildman–Crippen LogP) is 7.28. The molecule has 1 aliphatic rings. The first-order chi connectivity index (χ1) is 15.6. The molecule has 0 aromatic heterocycles. The number of aliphatic imine (C=N–C) groups is 3. The Bertz CT molecular complexity index is 1200. The van der Waals surface area contributed by atoms with Gasteiger partial charge in [0, 0.05) is 11.3 Å². The van der Waals surface area contributed by atoms with Gasteiger partial charge in [-0.3, -0.25) is 0 Å². The fourth-order valence-corrected chi connectivity index (χ4v) is 3.56. The summed E-state index contributed by atoms with van der Waals surface area (Å²) in [6.45, 7) is 13.3. The van der Waals surface area contributed by atoms with Crippen LogP contribution in [0.5, 0.6) is 0 Å². The van der Waals surface area contributed by atoms with Crippen LogP contribution in [-0.2, 0) is 10.8 Å². The van der Waals surface area contributed by atoms with Crippen LogP contribution in [0.25, 0.3) is 0 Å². The van der Waals surface area contributed by atoms with Crippen LogP contribution in [-0.4, -0.2) is 17.5 Å². The van der Waals surface area contributed by atoms with Crippen molar-refractivity contribution in [2.45, 2.75) is 52.4 Å². The number of hydrogen-bond donors (Lipinski definition) is 1. The van der Waals surface area contributed by atoms with Gasteiger partial charge in [-0.2, -0.15) is 0 Å². The second kappa shape index (κ2) is 8.78. The van der Waals surface area contributed by atoms with Crippen LogP contribution in [0.4, 0.5) is 11.4 Å². The molecule has 0 atom stereocenters. The molecule has 0 fully saturated rings. The van der Waals surface area contributed by atoms with E-state index in [4.69, 9.17) is 15.0 Å². The summed E-state index contributed by atoms with van der Waals surface area (Å²) in [5.41, 5.74) is 5.56. The lowest BCUT2D eigenvalue weighted by Gasteiger charge is -2.19. The Hall–Kier alpha value is -3.53. The van der Waals surface area contributed by atoms with Crippen molar-refractivity contribution in [3.63, 3.8) is 0 Å². The van der Waals surface area contributed by atoms with Gasteiger partial charge in [0.2, 0.25) is 0 Å². The van der Waals surface area contributed by atoms with Crippen molar-refractivity contribution in [1.29, 1.82) is 0 Å². The molecule has 0 spiro atoms. The van der Waals surface area contributed by atoms with E-state index in [0.29, 0.717) is 17.5 Å². The summed E-state index contributed by atoms with van der Waals surface area (Å²) in [6.07, 6.45) is 0. The lowest BCUT2D eigenvalue weighted by Crippen LogP contribution is -2.19. The van der Waals surface area contributed by atoms with Gasteiger partial charge in [-0.15, -0.1) is 0 Å². The largest absolute Gasteiger partial charge is 0.337 e. The summed E-state index contributed by atoms with van der Waals surface area (Å²) in [7, 11) is 0.